The molecule has 0 bridgehead atoms. The van der Waals surface area contributed by atoms with Crippen LogP contribution in [0.25, 0.3) is 11.0 Å². The number of aromatic nitrogens is 2. The Labute approximate surface area is 142 Å². The average Bonchev–Trinajstić information content (AvgIpc) is 3.04. The Balaban J connectivity index is 1.44. The van der Waals surface area contributed by atoms with E-state index in [4.69, 9.17) is 10.5 Å². The standard InChI is InChI=1S/C18H26N4O2/c19-9-3-13-24-15-6-10-21(11-7-15)18(23)8-12-22-14-20-16-4-1-2-5-17(16)22/h1-2,4-5,14-15H,3,6-13,19H2. The van der Waals surface area contributed by atoms with Gasteiger partial charge in [0.15, 0.2) is 0 Å². The second kappa shape index (κ2) is 8.26. The smallest absolute Gasteiger partial charge is 0.224 e. The zero-order valence-corrected chi connectivity index (χ0v) is 14.1. The molecule has 1 amide bonds. The normalized spacial score (nSPS) is 16.0. The van der Waals surface area contributed by atoms with E-state index in [0.29, 0.717) is 19.5 Å². The molecule has 1 aromatic carbocycles. The van der Waals surface area contributed by atoms with E-state index >= 15 is 0 Å². The van der Waals surface area contributed by atoms with Crippen LogP contribution in [0, 0.1) is 0 Å². The lowest BCUT2D eigenvalue weighted by molar-refractivity contribution is -0.134. The van der Waals surface area contributed by atoms with Crippen LogP contribution in [0.4, 0.5) is 0 Å². The molecule has 0 aliphatic carbocycles. The van der Waals surface area contributed by atoms with E-state index < -0.39 is 0 Å². The van der Waals surface area contributed by atoms with Gasteiger partial charge in [0.05, 0.1) is 23.5 Å². The van der Waals surface area contributed by atoms with Gasteiger partial charge in [-0.2, -0.15) is 0 Å². The maximum atomic E-state index is 12.4. The Morgan fingerprint density at radius 1 is 1.29 bits per heavy atom. The number of amides is 1. The molecule has 0 saturated carbocycles. The molecule has 24 heavy (non-hydrogen) atoms. The van der Waals surface area contributed by atoms with E-state index in [2.05, 4.69) is 9.55 Å². The average molecular weight is 330 g/mol. The summed E-state index contributed by atoms with van der Waals surface area (Å²) in [6.45, 7) is 3.64. The van der Waals surface area contributed by atoms with Crippen molar-refractivity contribution >= 4 is 16.9 Å². The molecule has 3 rings (SSSR count). The van der Waals surface area contributed by atoms with Crippen LogP contribution < -0.4 is 5.73 Å². The van der Waals surface area contributed by atoms with Crippen molar-refractivity contribution < 1.29 is 9.53 Å². The number of para-hydroxylation sites is 2. The number of rotatable bonds is 7. The number of hydrogen-bond donors (Lipinski definition) is 1. The van der Waals surface area contributed by atoms with Crippen molar-refractivity contribution in [1.82, 2.24) is 14.5 Å². The van der Waals surface area contributed by atoms with Crippen molar-refractivity contribution in [2.45, 2.75) is 38.3 Å². The largest absolute Gasteiger partial charge is 0.378 e. The van der Waals surface area contributed by atoms with Gasteiger partial charge >= 0.3 is 0 Å². The molecule has 0 radical (unpaired) electrons. The highest BCUT2D eigenvalue weighted by Crippen LogP contribution is 2.16. The third kappa shape index (κ3) is 4.13. The number of imidazole rings is 1. The second-order valence-corrected chi connectivity index (χ2v) is 6.27. The summed E-state index contributed by atoms with van der Waals surface area (Å²) < 4.78 is 7.84. The van der Waals surface area contributed by atoms with Gasteiger partial charge in [-0.1, -0.05) is 12.1 Å². The summed E-state index contributed by atoms with van der Waals surface area (Å²) in [5.41, 5.74) is 7.53. The fourth-order valence-electron chi connectivity index (χ4n) is 3.17. The van der Waals surface area contributed by atoms with Crippen LogP contribution in [-0.2, 0) is 16.1 Å². The number of ether oxygens (including phenoxy) is 1. The summed E-state index contributed by atoms with van der Waals surface area (Å²) in [4.78, 5) is 18.8. The van der Waals surface area contributed by atoms with E-state index in [1.54, 1.807) is 0 Å². The van der Waals surface area contributed by atoms with E-state index in [1.165, 1.54) is 0 Å². The number of carbonyl (C=O) groups excluding carboxylic acids is 1. The fraction of sp³-hybridized carbons (Fsp3) is 0.556. The highest BCUT2D eigenvalue weighted by molar-refractivity contribution is 5.77. The molecule has 1 saturated heterocycles. The Morgan fingerprint density at radius 2 is 2.08 bits per heavy atom. The molecular weight excluding hydrogens is 304 g/mol. The first-order valence-electron chi connectivity index (χ1n) is 8.77. The number of nitrogens with zero attached hydrogens (tertiary/aromatic N) is 3. The van der Waals surface area contributed by atoms with Gasteiger partial charge in [-0.15, -0.1) is 0 Å². The Bertz CT molecular complexity index is 662. The van der Waals surface area contributed by atoms with Gasteiger partial charge < -0.3 is 19.9 Å². The number of aryl methyl sites for hydroxylation is 1. The Morgan fingerprint density at radius 3 is 2.88 bits per heavy atom. The molecule has 2 N–H and O–H groups in total. The molecule has 1 aliphatic rings. The molecule has 2 aromatic rings. The summed E-state index contributed by atoms with van der Waals surface area (Å²) in [6.07, 6.45) is 5.35. The monoisotopic (exact) mass is 330 g/mol. The van der Waals surface area contributed by atoms with Gasteiger partial charge in [-0.05, 0) is 37.9 Å². The minimum atomic E-state index is 0.216. The van der Waals surface area contributed by atoms with Crippen molar-refractivity contribution in [2.75, 3.05) is 26.2 Å². The minimum absolute atomic E-state index is 0.216. The number of piperidine rings is 1. The van der Waals surface area contributed by atoms with Crippen LogP contribution in [0.1, 0.15) is 25.7 Å². The number of hydrogen-bond acceptors (Lipinski definition) is 4. The van der Waals surface area contributed by atoms with Gasteiger partial charge in [0.25, 0.3) is 0 Å². The highest BCUT2D eigenvalue weighted by atomic mass is 16.5. The van der Waals surface area contributed by atoms with Crippen molar-refractivity contribution in [3.8, 4) is 0 Å². The van der Waals surface area contributed by atoms with Gasteiger partial charge in [0, 0.05) is 32.7 Å². The third-order valence-electron chi connectivity index (χ3n) is 4.59. The molecule has 0 unspecified atom stereocenters. The van der Waals surface area contributed by atoms with Gasteiger partial charge in [0.1, 0.15) is 0 Å². The predicted molar refractivity (Wildman–Crippen MR) is 93.6 cm³/mol. The number of carbonyl (C=O) groups is 1. The van der Waals surface area contributed by atoms with Gasteiger partial charge in [-0.25, -0.2) is 4.98 Å². The summed E-state index contributed by atoms with van der Waals surface area (Å²) in [5.74, 6) is 0.216. The van der Waals surface area contributed by atoms with E-state index in [9.17, 15) is 4.79 Å². The molecular formula is C18H26N4O2. The molecule has 6 nitrogen and oxygen atoms in total. The summed E-state index contributed by atoms with van der Waals surface area (Å²) in [7, 11) is 0. The van der Waals surface area contributed by atoms with Crippen LogP contribution in [0.5, 0.6) is 0 Å². The molecule has 0 spiro atoms. The molecule has 0 atom stereocenters. The van der Waals surface area contributed by atoms with Crippen LogP contribution in [-0.4, -0.2) is 52.7 Å². The molecule has 130 valence electrons. The zero-order chi connectivity index (χ0) is 16.8. The molecule has 1 aliphatic heterocycles. The van der Waals surface area contributed by atoms with Crippen LogP contribution in [0.2, 0.25) is 0 Å². The number of fused-ring (bicyclic) bond motifs is 1. The van der Waals surface area contributed by atoms with Crippen molar-refractivity contribution in [1.29, 1.82) is 0 Å². The summed E-state index contributed by atoms with van der Waals surface area (Å²) in [6, 6.07) is 8.00. The van der Waals surface area contributed by atoms with Crippen molar-refractivity contribution in [2.24, 2.45) is 5.73 Å². The number of benzene rings is 1. The lowest BCUT2D eigenvalue weighted by atomic mass is 10.1. The second-order valence-electron chi connectivity index (χ2n) is 6.27. The highest BCUT2D eigenvalue weighted by Gasteiger charge is 2.22. The lowest BCUT2D eigenvalue weighted by Gasteiger charge is -2.32. The molecule has 1 fully saturated rings. The third-order valence-corrected chi connectivity index (χ3v) is 4.59. The lowest BCUT2D eigenvalue weighted by Crippen LogP contribution is -2.41. The topological polar surface area (TPSA) is 73.4 Å². The molecule has 6 heteroatoms. The molecule has 2 heterocycles. The maximum Gasteiger partial charge on any atom is 0.224 e. The number of nitrogens with two attached hydrogens (primary N) is 1. The number of likely N-dealkylation sites (tertiary alicyclic amines) is 1. The van der Waals surface area contributed by atoms with Gasteiger partial charge in [-0.3, -0.25) is 4.79 Å². The van der Waals surface area contributed by atoms with E-state index in [1.807, 2.05) is 35.5 Å². The fourth-order valence-corrected chi connectivity index (χ4v) is 3.17. The maximum absolute atomic E-state index is 12.4. The molecule has 1 aromatic heterocycles. The quantitative estimate of drug-likeness (QED) is 0.786. The summed E-state index contributed by atoms with van der Waals surface area (Å²) in [5, 5.41) is 0. The van der Waals surface area contributed by atoms with Gasteiger partial charge in [0.2, 0.25) is 5.91 Å². The van der Waals surface area contributed by atoms with E-state index in [-0.39, 0.29) is 12.0 Å². The summed E-state index contributed by atoms with van der Waals surface area (Å²) >= 11 is 0. The van der Waals surface area contributed by atoms with Crippen molar-refractivity contribution in [3.63, 3.8) is 0 Å². The first kappa shape index (κ1) is 16.9. The van der Waals surface area contributed by atoms with E-state index in [0.717, 1.165) is 50.0 Å². The zero-order valence-electron chi connectivity index (χ0n) is 14.1. The van der Waals surface area contributed by atoms with Crippen molar-refractivity contribution in [3.05, 3.63) is 30.6 Å². The Hall–Kier alpha value is -1.92. The SMILES string of the molecule is NCCCOC1CCN(C(=O)CCn2cnc3ccccc32)CC1. The van der Waals surface area contributed by atoms with Crippen LogP contribution >= 0.6 is 0 Å². The van der Waals surface area contributed by atoms with Crippen LogP contribution in [0.15, 0.2) is 30.6 Å². The Kier molecular flexibility index (Phi) is 5.82. The van der Waals surface area contributed by atoms with Crippen LogP contribution in [0.3, 0.4) is 0 Å². The first-order chi connectivity index (χ1) is 11.8. The predicted octanol–water partition coefficient (Wildman–Crippen LogP) is 1.78. The first-order valence-corrected chi connectivity index (χ1v) is 8.77. The minimum Gasteiger partial charge on any atom is -0.378 e.